The van der Waals surface area contributed by atoms with Crippen LogP contribution in [0, 0.1) is 23.8 Å². The van der Waals surface area contributed by atoms with E-state index >= 15 is 0 Å². The minimum absolute atomic E-state index is 0.00463. The van der Waals surface area contributed by atoms with Crippen molar-refractivity contribution in [2.45, 2.75) is 9.79 Å². The second-order valence-electron chi connectivity index (χ2n) is 3.71. The Labute approximate surface area is 155 Å². The number of rotatable bonds is 4. The Kier molecular flexibility index (Phi) is 6.55. The number of hydrogen-bond donors (Lipinski definition) is 0. The van der Waals surface area contributed by atoms with Gasteiger partial charge in [0.2, 0.25) is 23.8 Å². The van der Waals surface area contributed by atoms with E-state index in [1.165, 1.54) is 0 Å². The fourth-order valence-electron chi connectivity index (χ4n) is 1.34. The molecule has 0 unspecified atom stereocenters. The molecule has 0 atom stereocenters. The van der Waals surface area contributed by atoms with Crippen molar-refractivity contribution in [3.63, 3.8) is 0 Å². The topological polar surface area (TPSA) is 25.8 Å². The van der Waals surface area contributed by atoms with Crippen LogP contribution in [0.25, 0.3) is 0 Å². The zero-order valence-electron chi connectivity index (χ0n) is 10.4. The van der Waals surface area contributed by atoms with Crippen LogP contribution in [0.3, 0.4) is 0 Å². The van der Waals surface area contributed by atoms with Crippen LogP contribution in [0.2, 0.25) is 20.1 Å². The Morgan fingerprint density at radius 3 is 1.13 bits per heavy atom. The lowest BCUT2D eigenvalue weighted by Gasteiger charge is -2.09. The van der Waals surface area contributed by atoms with Crippen LogP contribution in [0.4, 0.5) is 17.6 Å². The van der Waals surface area contributed by atoms with Crippen LogP contribution in [0.15, 0.2) is 9.79 Å². The molecule has 0 amide bonds. The summed E-state index contributed by atoms with van der Waals surface area (Å²) in [5.41, 5.74) is 0. The third kappa shape index (κ3) is 4.11. The molecule has 0 bridgehead atoms. The van der Waals surface area contributed by atoms with Crippen molar-refractivity contribution in [1.82, 2.24) is 9.97 Å². The molecule has 0 saturated heterocycles. The van der Waals surface area contributed by atoms with E-state index in [1.54, 1.807) is 0 Å². The molecule has 2 rings (SSSR count). The highest BCUT2D eigenvalue weighted by atomic mass is 35.5. The maximum absolute atomic E-state index is 13.3. The molecule has 2 heterocycles. The molecule has 0 radical (unpaired) electrons. The first-order valence-corrected chi connectivity index (χ1v) is 8.87. The molecular formula is C11H2Cl4F4N2S2. The molecule has 2 aromatic heterocycles. The lowest BCUT2D eigenvalue weighted by molar-refractivity contribution is 0.507. The summed E-state index contributed by atoms with van der Waals surface area (Å²) >= 11 is 24.3. The van der Waals surface area contributed by atoms with Crippen molar-refractivity contribution in [2.24, 2.45) is 0 Å². The van der Waals surface area contributed by atoms with E-state index in [0.717, 1.165) is 23.5 Å². The predicted octanol–water partition coefficient (Wildman–Crippen LogP) is 6.49. The van der Waals surface area contributed by atoms with Crippen molar-refractivity contribution in [2.75, 3.05) is 5.08 Å². The molecule has 124 valence electrons. The van der Waals surface area contributed by atoms with Gasteiger partial charge in [0.05, 0.1) is 9.79 Å². The van der Waals surface area contributed by atoms with Crippen LogP contribution in [-0.2, 0) is 0 Å². The van der Waals surface area contributed by atoms with Gasteiger partial charge in [0.25, 0.3) is 0 Å². The van der Waals surface area contributed by atoms with E-state index in [2.05, 4.69) is 9.97 Å². The molecular weight excluding hydrogens is 442 g/mol. The average molecular weight is 444 g/mol. The lowest BCUT2D eigenvalue weighted by atomic mass is 10.5. The summed E-state index contributed by atoms with van der Waals surface area (Å²) in [4.78, 5) is 5.56. The summed E-state index contributed by atoms with van der Waals surface area (Å²) in [6, 6.07) is 0. The van der Waals surface area contributed by atoms with Gasteiger partial charge in [-0.05, 0) is 0 Å². The number of hydrogen-bond acceptors (Lipinski definition) is 4. The van der Waals surface area contributed by atoms with Gasteiger partial charge in [-0.2, -0.15) is 27.5 Å². The van der Waals surface area contributed by atoms with Gasteiger partial charge in [0.15, 0.2) is 0 Å². The minimum Gasteiger partial charge on any atom is -0.188 e. The molecule has 2 aromatic rings. The Balaban J connectivity index is 2.22. The highest BCUT2D eigenvalue weighted by Gasteiger charge is 2.21. The molecule has 0 spiro atoms. The monoisotopic (exact) mass is 442 g/mol. The average Bonchev–Trinajstić information content (AvgIpc) is 2.49. The second kappa shape index (κ2) is 7.84. The first-order chi connectivity index (χ1) is 10.7. The molecule has 2 nitrogen and oxygen atoms in total. The Morgan fingerprint density at radius 2 is 0.870 bits per heavy atom. The summed E-state index contributed by atoms with van der Waals surface area (Å²) in [7, 11) is 0. The number of pyridine rings is 2. The first-order valence-electron chi connectivity index (χ1n) is 5.39. The van der Waals surface area contributed by atoms with Gasteiger partial charge in [-0.3, -0.25) is 0 Å². The van der Waals surface area contributed by atoms with E-state index in [-0.39, 0.29) is 14.9 Å². The normalized spacial score (nSPS) is 11.1. The molecule has 0 saturated carbocycles. The summed E-state index contributed by atoms with van der Waals surface area (Å²) in [5, 5.41) is -1.86. The van der Waals surface area contributed by atoms with Gasteiger partial charge in [0, 0.05) is 5.08 Å². The summed E-state index contributed by atoms with van der Waals surface area (Å²) in [5.74, 6) is -4.90. The largest absolute Gasteiger partial charge is 0.235 e. The van der Waals surface area contributed by atoms with Crippen LogP contribution < -0.4 is 0 Å². The van der Waals surface area contributed by atoms with Gasteiger partial charge in [0.1, 0.15) is 20.1 Å². The smallest absolute Gasteiger partial charge is 0.188 e. The van der Waals surface area contributed by atoms with Crippen molar-refractivity contribution in [1.29, 1.82) is 0 Å². The SMILES string of the molecule is Fc1nc(F)c(Cl)c(SCSc2c(Cl)c(F)nc(F)c2Cl)c1Cl. The molecule has 0 aromatic carbocycles. The highest BCUT2D eigenvalue weighted by Crippen LogP contribution is 2.42. The molecule has 0 aliphatic rings. The second-order valence-corrected chi connectivity index (χ2v) is 7.56. The Bertz CT molecular complexity index is 663. The molecule has 12 heteroatoms. The summed E-state index contributed by atoms with van der Waals surface area (Å²) in [6.45, 7) is 0. The van der Waals surface area contributed by atoms with Crippen molar-refractivity contribution >= 4 is 69.9 Å². The Hall–Kier alpha value is -0.120. The third-order valence-electron chi connectivity index (χ3n) is 2.32. The van der Waals surface area contributed by atoms with E-state index in [1.807, 2.05) is 0 Å². The van der Waals surface area contributed by atoms with E-state index in [9.17, 15) is 17.6 Å². The zero-order valence-corrected chi connectivity index (χ0v) is 15.1. The van der Waals surface area contributed by atoms with Crippen molar-refractivity contribution in [3.8, 4) is 0 Å². The fraction of sp³-hybridized carbons (Fsp3) is 0.0909. The lowest BCUT2D eigenvalue weighted by Crippen LogP contribution is -1.96. The van der Waals surface area contributed by atoms with Crippen molar-refractivity contribution < 1.29 is 17.6 Å². The van der Waals surface area contributed by atoms with Crippen LogP contribution in [0.5, 0.6) is 0 Å². The number of aromatic nitrogens is 2. The van der Waals surface area contributed by atoms with E-state index in [0.29, 0.717) is 0 Å². The zero-order chi connectivity index (χ0) is 17.3. The van der Waals surface area contributed by atoms with Crippen molar-refractivity contribution in [3.05, 3.63) is 43.9 Å². The standard InChI is InChI=1S/C11H2Cl4F4N2S2/c12-2-6(3(13)9(17)20-8(2)16)22-1-23-7-4(14)10(18)21-11(19)5(7)15/h1H2. The van der Waals surface area contributed by atoms with Crippen LogP contribution in [0.1, 0.15) is 0 Å². The number of thioether (sulfide) groups is 2. The quantitative estimate of drug-likeness (QED) is 0.233. The number of nitrogens with zero attached hydrogens (tertiary/aromatic N) is 2. The molecule has 0 aliphatic carbocycles. The maximum Gasteiger partial charge on any atom is 0.235 e. The summed E-state index contributed by atoms with van der Waals surface area (Å²) in [6.07, 6.45) is 0. The third-order valence-corrected chi connectivity index (χ3v) is 6.49. The summed E-state index contributed by atoms with van der Waals surface area (Å²) < 4.78 is 53.2. The van der Waals surface area contributed by atoms with Gasteiger partial charge in [-0.25, -0.2) is 0 Å². The fourth-order valence-corrected chi connectivity index (χ4v) is 4.66. The van der Waals surface area contributed by atoms with E-state index in [4.69, 9.17) is 46.4 Å². The van der Waals surface area contributed by atoms with Gasteiger partial charge < -0.3 is 0 Å². The minimum atomic E-state index is -1.22. The van der Waals surface area contributed by atoms with Gasteiger partial charge in [-0.15, -0.1) is 23.5 Å². The van der Waals surface area contributed by atoms with E-state index < -0.39 is 43.9 Å². The predicted molar refractivity (Wildman–Crippen MR) is 84.9 cm³/mol. The Morgan fingerprint density at radius 1 is 0.609 bits per heavy atom. The maximum atomic E-state index is 13.3. The molecule has 0 N–H and O–H groups in total. The number of halogens is 8. The van der Waals surface area contributed by atoms with Gasteiger partial charge >= 0.3 is 0 Å². The van der Waals surface area contributed by atoms with Crippen LogP contribution >= 0.6 is 69.9 Å². The van der Waals surface area contributed by atoms with Gasteiger partial charge in [-0.1, -0.05) is 46.4 Å². The molecule has 23 heavy (non-hydrogen) atoms. The first kappa shape index (κ1) is 19.2. The molecule has 0 aliphatic heterocycles. The molecule has 0 fully saturated rings. The highest BCUT2D eigenvalue weighted by molar-refractivity contribution is 8.16. The van der Waals surface area contributed by atoms with Crippen LogP contribution in [-0.4, -0.2) is 15.1 Å².